The standard InChI is InChI=1S/C14H23N3O2/c1-10-8-11(2)16-13(18)12(10)9-15-14(19)17-6-4-3-5-7-17/h8,14-15,19H,3-7,9H2,1-2H3,(H,16,18). The molecule has 1 unspecified atom stereocenters. The summed E-state index contributed by atoms with van der Waals surface area (Å²) in [4.78, 5) is 16.7. The van der Waals surface area contributed by atoms with Gasteiger partial charge < -0.3 is 10.1 Å². The number of aliphatic hydroxyl groups excluding tert-OH is 1. The van der Waals surface area contributed by atoms with Crippen LogP contribution in [-0.4, -0.2) is 34.4 Å². The number of hydrogen-bond donors (Lipinski definition) is 3. The molecule has 1 saturated heterocycles. The SMILES string of the molecule is Cc1cc(C)c(CNC(O)N2CCCCC2)c(=O)[nH]1. The lowest BCUT2D eigenvalue weighted by molar-refractivity contribution is -0.0334. The van der Waals surface area contributed by atoms with E-state index in [1.54, 1.807) is 0 Å². The molecular formula is C14H23N3O2. The number of piperidine rings is 1. The third-order valence-electron chi connectivity index (χ3n) is 3.69. The maximum atomic E-state index is 11.9. The van der Waals surface area contributed by atoms with Gasteiger partial charge in [-0.2, -0.15) is 0 Å². The summed E-state index contributed by atoms with van der Waals surface area (Å²) in [5.74, 6) is 0. The highest BCUT2D eigenvalue weighted by molar-refractivity contribution is 5.24. The van der Waals surface area contributed by atoms with E-state index in [4.69, 9.17) is 0 Å². The molecule has 5 heteroatoms. The Hall–Kier alpha value is -1.17. The predicted octanol–water partition coefficient (Wildman–Crippen LogP) is 0.843. The second kappa shape index (κ2) is 6.32. The summed E-state index contributed by atoms with van der Waals surface area (Å²) in [5.41, 5.74) is 2.44. The van der Waals surface area contributed by atoms with Crippen LogP contribution in [0, 0.1) is 13.8 Å². The molecule has 1 fully saturated rings. The molecule has 0 amide bonds. The maximum Gasteiger partial charge on any atom is 0.252 e. The first-order valence-corrected chi connectivity index (χ1v) is 6.93. The highest BCUT2D eigenvalue weighted by atomic mass is 16.3. The largest absolute Gasteiger partial charge is 0.365 e. The molecule has 3 N–H and O–H groups in total. The van der Waals surface area contributed by atoms with Gasteiger partial charge in [0.1, 0.15) is 0 Å². The minimum Gasteiger partial charge on any atom is -0.365 e. The zero-order valence-electron chi connectivity index (χ0n) is 11.7. The van der Waals surface area contributed by atoms with Crippen molar-refractivity contribution in [1.29, 1.82) is 0 Å². The number of rotatable bonds is 4. The van der Waals surface area contributed by atoms with Crippen LogP contribution in [0.1, 0.15) is 36.1 Å². The van der Waals surface area contributed by atoms with Gasteiger partial charge in [0.25, 0.3) is 5.56 Å². The number of H-pyrrole nitrogens is 1. The van der Waals surface area contributed by atoms with Crippen LogP contribution in [0.4, 0.5) is 0 Å². The number of aromatic amines is 1. The Labute approximate surface area is 113 Å². The highest BCUT2D eigenvalue weighted by Crippen LogP contribution is 2.10. The Morgan fingerprint density at radius 3 is 2.68 bits per heavy atom. The zero-order valence-corrected chi connectivity index (χ0v) is 11.7. The molecule has 106 valence electrons. The lowest BCUT2D eigenvalue weighted by atomic mass is 10.1. The average molecular weight is 265 g/mol. The molecule has 1 aliphatic heterocycles. The van der Waals surface area contributed by atoms with Crippen molar-refractivity contribution < 1.29 is 5.11 Å². The van der Waals surface area contributed by atoms with Gasteiger partial charge in [-0.15, -0.1) is 0 Å². The molecule has 1 aromatic rings. The first-order valence-electron chi connectivity index (χ1n) is 6.93. The second-order valence-corrected chi connectivity index (χ2v) is 5.29. The topological polar surface area (TPSA) is 68.4 Å². The summed E-state index contributed by atoms with van der Waals surface area (Å²) in [6.45, 7) is 6.01. The Morgan fingerprint density at radius 1 is 1.37 bits per heavy atom. The van der Waals surface area contributed by atoms with Crippen LogP contribution in [0.5, 0.6) is 0 Å². The van der Waals surface area contributed by atoms with Gasteiger partial charge in [0.15, 0.2) is 6.35 Å². The van der Waals surface area contributed by atoms with Gasteiger partial charge in [-0.25, -0.2) is 0 Å². The third-order valence-corrected chi connectivity index (χ3v) is 3.69. The monoisotopic (exact) mass is 265 g/mol. The van der Waals surface area contributed by atoms with Crippen molar-refractivity contribution in [3.63, 3.8) is 0 Å². The maximum absolute atomic E-state index is 11.9. The quantitative estimate of drug-likeness (QED) is 0.706. The van der Waals surface area contributed by atoms with Crippen LogP contribution >= 0.6 is 0 Å². The van der Waals surface area contributed by atoms with E-state index in [1.807, 2.05) is 24.8 Å². The average Bonchev–Trinajstić information content (AvgIpc) is 2.38. The van der Waals surface area contributed by atoms with Crippen molar-refractivity contribution in [2.24, 2.45) is 0 Å². The van der Waals surface area contributed by atoms with E-state index in [0.717, 1.165) is 37.2 Å². The molecule has 0 aromatic carbocycles. The Kier molecular flexibility index (Phi) is 4.74. The molecule has 2 heterocycles. The number of hydrogen-bond acceptors (Lipinski definition) is 4. The van der Waals surface area contributed by atoms with Crippen molar-refractivity contribution in [2.75, 3.05) is 13.1 Å². The molecule has 5 nitrogen and oxygen atoms in total. The smallest absolute Gasteiger partial charge is 0.252 e. The normalized spacial score (nSPS) is 18.5. The van der Waals surface area contributed by atoms with Gasteiger partial charge >= 0.3 is 0 Å². The van der Waals surface area contributed by atoms with Gasteiger partial charge in [0.2, 0.25) is 0 Å². The van der Waals surface area contributed by atoms with Crippen LogP contribution < -0.4 is 10.9 Å². The lowest BCUT2D eigenvalue weighted by Gasteiger charge is -2.31. The summed E-state index contributed by atoms with van der Waals surface area (Å²) >= 11 is 0. The number of aromatic nitrogens is 1. The Balaban J connectivity index is 1.96. The fourth-order valence-corrected chi connectivity index (χ4v) is 2.59. The van der Waals surface area contributed by atoms with Gasteiger partial charge in [-0.3, -0.25) is 15.0 Å². The van der Waals surface area contributed by atoms with Crippen LogP contribution in [0.25, 0.3) is 0 Å². The molecule has 0 aliphatic carbocycles. The molecule has 1 aromatic heterocycles. The summed E-state index contributed by atoms with van der Waals surface area (Å²) in [5, 5.41) is 13.1. The van der Waals surface area contributed by atoms with E-state index in [0.29, 0.717) is 12.1 Å². The molecule has 0 bridgehead atoms. The van der Waals surface area contributed by atoms with Gasteiger partial charge in [0.05, 0.1) is 0 Å². The van der Waals surface area contributed by atoms with Crippen LogP contribution in [0.2, 0.25) is 0 Å². The zero-order chi connectivity index (χ0) is 13.8. The minimum atomic E-state index is -0.666. The number of nitrogens with zero attached hydrogens (tertiary/aromatic N) is 1. The molecule has 2 rings (SSSR count). The lowest BCUT2D eigenvalue weighted by Crippen LogP contribution is -2.48. The van der Waals surface area contributed by atoms with Crippen molar-refractivity contribution in [3.8, 4) is 0 Å². The van der Waals surface area contributed by atoms with Crippen molar-refractivity contribution in [2.45, 2.75) is 46.0 Å². The van der Waals surface area contributed by atoms with Gasteiger partial charge in [0, 0.05) is 30.9 Å². The number of pyridine rings is 1. The number of aliphatic hydroxyl groups is 1. The summed E-state index contributed by atoms with van der Waals surface area (Å²) < 4.78 is 0. The van der Waals surface area contributed by atoms with E-state index in [9.17, 15) is 9.90 Å². The number of nitrogens with one attached hydrogen (secondary N) is 2. The fourth-order valence-electron chi connectivity index (χ4n) is 2.59. The molecule has 0 radical (unpaired) electrons. The molecule has 0 spiro atoms. The van der Waals surface area contributed by atoms with E-state index in [-0.39, 0.29) is 5.56 Å². The van der Waals surface area contributed by atoms with E-state index in [1.165, 1.54) is 6.42 Å². The van der Waals surface area contributed by atoms with E-state index >= 15 is 0 Å². The summed E-state index contributed by atoms with van der Waals surface area (Å²) in [7, 11) is 0. The van der Waals surface area contributed by atoms with Crippen molar-refractivity contribution in [3.05, 3.63) is 33.2 Å². The first kappa shape index (κ1) is 14.2. The summed E-state index contributed by atoms with van der Waals surface area (Å²) in [6, 6.07) is 1.95. The van der Waals surface area contributed by atoms with Crippen LogP contribution in [0.15, 0.2) is 10.9 Å². The van der Waals surface area contributed by atoms with Crippen molar-refractivity contribution >= 4 is 0 Å². The van der Waals surface area contributed by atoms with Gasteiger partial charge in [-0.05, 0) is 38.3 Å². The first-order chi connectivity index (χ1) is 9.08. The van der Waals surface area contributed by atoms with Crippen molar-refractivity contribution in [1.82, 2.24) is 15.2 Å². The number of aryl methyl sites for hydroxylation is 2. The molecule has 0 saturated carbocycles. The summed E-state index contributed by atoms with van der Waals surface area (Å²) in [6.07, 6.45) is 2.83. The van der Waals surface area contributed by atoms with Crippen LogP contribution in [-0.2, 0) is 6.54 Å². The third kappa shape index (κ3) is 3.65. The van der Waals surface area contributed by atoms with E-state index < -0.39 is 6.35 Å². The highest BCUT2D eigenvalue weighted by Gasteiger charge is 2.18. The van der Waals surface area contributed by atoms with Gasteiger partial charge in [-0.1, -0.05) is 6.42 Å². The predicted molar refractivity (Wildman–Crippen MR) is 74.8 cm³/mol. The molecule has 1 aliphatic rings. The Morgan fingerprint density at radius 2 is 2.05 bits per heavy atom. The fraction of sp³-hybridized carbons (Fsp3) is 0.643. The molecule has 1 atom stereocenters. The minimum absolute atomic E-state index is 0.0733. The molecular weight excluding hydrogens is 242 g/mol. The van der Waals surface area contributed by atoms with E-state index in [2.05, 4.69) is 10.3 Å². The number of likely N-dealkylation sites (tertiary alicyclic amines) is 1. The van der Waals surface area contributed by atoms with Crippen LogP contribution in [0.3, 0.4) is 0 Å². The Bertz CT molecular complexity index is 478. The molecule has 19 heavy (non-hydrogen) atoms. The second-order valence-electron chi connectivity index (χ2n) is 5.29.